The van der Waals surface area contributed by atoms with Crippen LogP contribution in [0.15, 0.2) is 59.7 Å². The average Bonchev–Trinajstić information content (AvgIpc) is 2.82. The normalized spacial score (nSPS) is 21.1. The number of guanidine groups is 1. The summed E-state index contributed by atoms with van der Waals surface area (Å²) in [5.74, 6) is 0.583. The number of halogens is 2. The monoisotopic (exact) mass is 449 g/mol. The van der Waals surface area contributed by atoms with E-state index >= 15 is 0 Å². The van der Waals surface area contributed by atoms with Gasteiger partial charge in [-0.15, -0.1) is 0 Å². The van der Waals surface area contributed by atoms with Gasteiger partial charge < -0.3 is 20.3 Å². The SMILES string of the molecule is C=C1C(c2ccc(OC)cc2)=C(c2ccc(C#N)c(F)c2)N=C(N2CC[C@H](N)[C@H](F)C2)N1C. The smallest absolute Gasteiger partial charge is 0.206 e. The van der Waals surface area contributed by atoms with Crippen molar-refractivity contribution in [1.82, 2.24) is 9.80 Å². The number of hydrogen-bond acceptors (Lipinski definition) is 6. The molecule has 0 aromatic heterocycles. The average molecular weight is 450 g/mol. The minimum atomic E-state index is -1.18. The van der Waals surface area contributed by atoms with Gasteiger partial charge in [-0.1, -0.05) is 24.8 Å². The second-order valence-electron chi connectivity index (χ2n) is 8.09. The number of nitriles is 1. The number of likely N-dealkylation sites (N-methyl/N-ethyl adjacent to an activating group) is 1. The Morgan fingerprint density at radius 1 is 1.21 bits per heavy atom. The molecule has 1 saturated heterocycles. The van der Waals surface area contributed by atoms with Crippen LogP contribution in [0.1, 0.15) is 23.1 Å². The van der Waals surface area contributed by atoms with E-state index in [1.165, 1.54) is 12.1 Å². The van der Waals surface area contributed by atoms with Crippen LogP contribution in [0.5, 0.6) is 5.75 Å². The van der Waals surface area contributed by atoms with E-state index in [-0.39, 0.29) is 12.1 Å². The predicted molar refractivity (Wildman–Crippen MR) is 124 cm³/mol. The van der Waals surface area contributed by atoms with Gasteiger partial charge in [0.1, 0.15) is 23.8 Å². The number of likely N-dealkylation sites (tertiary alicyclic amines) is 1. The number of ether oxygens (including phenoxy) is 1. The molecule has 0 amide bonds. The second-order valence-corrected chi connectivity index (χ2v) is 8.09. The Hall–Kier alpha value is -3.70. The lowest BCUT2D eigenvalue weighted by molar-refractivity contribution is 0.162. The molecule has 2 aromatic carbocycles. The first-order valence-corrected chi connectivity index (χ1v) is 10.6. The Kier molecular flexibility index (Phi) is 6.16. The Bertz CT molecular complexity index is 1180. The Morgan fingerprint density at radius 3 is 2.52 bits per heavy atom. The summed E-state index contributed by atoms with van der Waals surface area (Å²) in [5.41, 5.74) is 8.95. The summed E-state index contributed by atoms with van der Waals surface area (Å²) in [6, 6.07) is 13.1. The maximum atomic E-state index is 14.5. The lowest BCUT2D eigenvalue weighted by Gasteiger charge is -2.41. The highest BCUT2D eigenvalue weighted by Crippen LogP contribution is 2.39. The molecule has 2 aliphatic heterocycles. The van der Waals surface area contributed by atoms with Gasteiger partial charge in [-0.3, -0.25) is 0 Å². The fourth-order valence-electron chi connectivity index (χ4n) is 4.07. The molecule has 2 aromatic rings. The molecule has 2 aliphatic rings. The van der Waals surface area contributed by atoms with E-state index in [1.54, 1.807) is 13.2 Å². The van der Waals surface area contributed by atoms with E-state index in [2.05, 4.69) is 6.58 Å². The number of aliphatic imine (C=N–C) groups is 1. The van der Waals surface area contributed by atoms with Crippen LogP contribution < -0.4 is 10.5 Å². The molecule has 8 heteroatoms. The molecule has 1 fully saturated rings. The molecular formula is C25H25F2N5O. The summed E-state index contributed by atoms with van der Waals surface area (Å²) in [4.78, 5) is 8.51. The van der Waals surface area contributed by atoms with Crippen LogP contribution in [0.4, 0.5) is 8.78 Å². The molecule has 33 heavy (non-hydrogen) atoms. The van der Waals surface area contributed by atoms with Crippen molar-refractivity contribution in [2.45, 2.75) is 18.6 Å². The first-order valence-electron chi connectivity index (χ1n) is 10.6. The van der Waals surface area contributed by atoms with Gasteiger partial charge in [0.05, 0.1) is 24.9 Å². The zero-order valence-electron chi connectivity index (χ0n) is 18.6. The fraction of sp³-hybridized carbons (Fsp3) is 0.280. The Morgan fingerprint density at radius 2 is 1.91 bits per heavy atom. The number of methoxy groups -OCH3 is 1. The molecule has 2 N–H and O–H groups in total. The Labute approximate surface area is 191 Å². The number of benzene rings is 2. The van der Waals surface area contributed by atoms with Crippen LogP contribution >= 0.6 is 0 Å². The summed E-state index contributed by atoms with van der Waals surface area (Å²) in [6.07, 6.45) is -0.679. The highest BCUT2D eigenvalue weighted by Gasteiger charge is 2.33. The topological polar surface area (TPSA) is 77.9 Å². The van der Waals surface area contributed by atoms with Crippen LogP contribution in [0, 0.1) is 17.1 Å². The van der Waals surface area contributed by atoms with Crippen molar-refractivity contribution in [3.63, 3.8) is 0 Å². The summed E-state index contributed by atoms with van der Waals surface area (Å²) in [6.45, 7) is 4.93. The summed E-state index contributed by atoms with van der Waals surface area (Å²) in [7, 11) is 3.41. The van der Waals surface area contributed by atoms with Gasteiger partial charge in [0, 0.05) is 36.5 Å². The van der Waals surface area contributed by atoms with Crippen molar-refractivity contribution in [3.8, 4) is 11.8 Å². The van der Waals surface area contributed by atoms with Gasteiger partial charge in [-0.05, 0) is 36.2 Å². The molecule has 0 unspecified atom stereocenters. The first kappa shape index (κ1) is 22.5. The van der Waals surface area contributed by atoms with Gasteiger partial charge in [-0.2, -0.15) is 5.26 Å². The second kappa shape index (κ2) is 9.04. The standard InChI is InChI=1S/C25H25F2N5O/c1-15-23(16-6-8-19(33-3)9-7-16)24(17-4-5-18(13-28)20(26)12-17)30-25(31(15)2)32-11-10-22(29)21(27)14-32/h4-9,12,21-22H,1,10-11,14,29H2,2-3H3/t21-,22+/m1/s1. The molecule has 170 valence electrons. The third kappa shape index (κ3) is 4.20. The minimum absolute atomic E-state index is 0.0495. The number of alkyl halides is 1. The van der Waals surface area contributed by atoms with E-state index in [4.69, 9.17) is 20.7 Å². The Balaban J connectivity index is 1.88. The lowest BCUT2D eigenvalue weighted by atomic mass is 9.94. The van der Waals surface area contributed by atoms with E-state index in [9.17, 15) is 8.78 Å². The van der Waals surface area contributed by atoms with Crippen molar-refractivity contribution >= 4 is 17.2 Å². The van der Waals surface area contributed by atoms with E-state index in [1.807, 2.05) is 47.2 Å². The first-order chi connectivity index (χ1) is 15.8. The molecule has 0 radical (unpaired) electrons. The van der Waals surface area contributed by atoms with E-state index in [0.717, 1.165) is 5.56 Å². The highest BCUT2D eigenvalue weighted by molar-refractivity contribution is 6.06. The fourth-order valence-corrected chi connectivity index (χ4v) is 4.07. The molecule has 2 atom stereocenters. The molecule has 2 heterocycles. The van der Waals surface area contributed by atoms with Crippen LogP contribution in [0.2, 0.25) is 0 Å². The number of piperidine rings is 1. The van der Waals surface area contributed by atoms with Gasteiger partial charge in [-0.25, -0.2) is 13.8 Å². The maximum Gasteiger partial charge on any atom is 0.206 e. The van der Waals surface area contributed by atoms with Crippen molar-refractivity contribution in [2.75, 3.05) is 27.2 Å². The summed E-state index contributed by atoms with van der Waals surface area (Å²) >= 11 is 0. The zero-order valence-corrected chi connectivity index (χ0v) is 18.6. The van der Waals surface area contributed by atoms with E-state index in [0.29, 0.717) is 47.2 Å². The van der Waals surface area contributed by atoms with Crippen molar-refractivity contribution in [1.29, 1.82) is 5.26 Å². The molecule has 6 nitrogen and oxygen atoms in total. The molecule has 0 spiro atoms. The number of nitrogens with two attached hydrogens (primary N) is 1. The number of rotatable bonds is 3. The predicted octanol–water partition coefficient (Wildman–Crippen LogP) is 3.76. The van der Waals surface area contributed by atoms with Crippen LogP contribution in [-0.4, -0.2) is 55.2 Å². The molecular weight excluding hydrogens is 424 g/mol. The quantitative estimate of drug-likeness (QED) is 0.772. The third-order valence-corrected chi connectivity index (χ3v) is 6.06. The van der Waals surface area contributed by atoms with Crippen molar-refractivity contribution < 1.29 is 13.5 Å². The minimum Gasteiger partial charge on any atom is -0.497 e. The van der Waals surface area contributed by atoms with Gasteiger partial charge in [0.25, 0.3) is 0 Å². The van der Waals surface area contributed by atoms with Crippen molar-refractivity contribution in [2.24, 2.45) is 10.7 Å². The molecule has 4 rings (SSSR count). The van der Waals surface area contributed by atoms with Gasteiger partial charge >= 0.3 is 0 Å². The highest BCUT2D eigenvalue weighted by atomic mass is 19.1. The zero-order chi connectivity index (χ0) is 23.7. The van der Waals surface area contributed by atoms with Gasteiger partial charge in [0.2, 0.25) is 5.96 Å². The van der Waals surface area contributed by atoms with Crippen LogP contribution in [0.25, 0.3) is 11.3 Å². The number of allylic oxidation sites excluding steroid dienone is 1. The third-order valence-electron chi connectivity index (χ3n) is 6.06. The molecule has 0 saturated carbocycles. The largest absolute Gasteiger partial charge is 0.497 e. The molecule has 0 bridgehead atoms. The lowest BCUT2D eigenvalue weighted by Crippen LogP contribution is -2.54. The summed E-state index contributed by atoms with van der Waals surface area (Å²) < 4.78 is 34.2. The number of nitrogens with zero attached hydrogens (tertiary/aromatic N) is 4. The van der Waals surface area contributed by atoms with E-state index < -0.39 is 18.0 Å². The summed E-state index contributed by atoms with van der Waals surface area (Å²) in [5, 5.41) is 9.12. The van der Waals surface area contributed by atoms with Crippen LogP contribution in [-0.2, 0) is 0 Å². The number of hydrogen-bond donors (Lipinski definition) is 1. The van der Waals surface area contributed by atoms with Crippen molar-refractivity contribution in [3.05, 3.63) is 77.2 Å². The van der Waals surface area contributed by atoms with Gasteiger partial charge in [0.15, 0.2) is 0 Å². The molecule has 0 aliphatic carbocycles. The van der Waals surface area contributed by atoms with Crippen LogP contribution in [0.3, 0.4) is 0 Å². The maximum absolute atomic E-state index is 14.5.